The van der Waals surface area contributed by atoms with Crippen molar-refractivity contribution in [1.29, 1.82) is 0 Å². The smallest absolute Gasteiger partial charge is 0.254 e. The number of piperazine rings is 1. The summed E-state index contributed by atoms with van der Waals surface area (Å²) in [5, 5.41) is 0.100. The zero-order chi connectivity index (χ0) is 20.5. The average Bonchev–Trinajstić information content (AvgIpc) is 2.68. The first kappa shape index (κ1) is 20.8. The maximum Gasteiger partial charge on any atom is 0.254 e. The van der Waals surface area contributed by atoms with Crippen molar-refractivity contribution in [3.8, 4) is 0 Å². The summed E-state index contributed by atoms with van der Waals surface area (Å²) in [6.07, 6.45) is 0. The first-order valence-electron chi connectivity index (χ1n) is 8.98. The molecule has 8 heteroatoms. The summed E-state index contributed by atoms with van der Waals surface area (Å²) >= 11 is 6.12. The van der Waals surface area contributed by atoms with Gasteiger partial charge in [-0.3, -0.25) is 4.79 Å². The molecule has 1 unspecified atom stereocenters. The van der Waals surface area contributed by atoms with Crippen LogP contribution in [0.5, 0.6) is 0 Å². The lowest BCUT2D eigenvalue weighted by molar-refractivity contribution is 0.0498. The Hall–Kier alpha value is -1.93. The lowest BCUT2D eigenvalue weighted by Crippen LogP contribution is -2.49. The van der Waals surface area contributed by atoms with E-state index < -0.39 is 10.0 Å². The van der Waals surface area contributed by atoms with Gasteiger partial charge >= 0.3 is 0 Å². The summed E-state index contributed by atoms with van der Waals surface area (Å²) in [6, 6.07) is 14.2. The lowest BCUT2D eigenvalue weighted by Gasteiger charge is -2.40. The number of rotatable bonds is 4. The molecular weight excluding hydrogens is 398 g/mol. The molecule has 0 saturated carbocycles. The van der Waals surface area contributed by atoms with Crippen LogP contribution in [0, 0.1) is 0 Å². The number of carbonyl (C=O) groups is 1. The van der Waals surface area contributed by atoms with Gasteiger partial charge in [0.05, 0.1) is 11.1 Å². The number of halogens is 1. The fourth-order valence-corrected chi connectivity index (χ4v) is 4.71. The molecule has 6 nitrogen and oxygen atoms in total. The number of likely N-dealkylation sites (N-methyl/N-ethyl adjacent to an activating group) is 1. The summed E-state index contributed by atoms with van der Waals surface area (Å²) in [7, 11) is 1.16. The monoisotopic (exact) mass is 421 g/mol. The second-order valence-electron chi connectivity index (χ2n) is 7.12. The third-order valence-electron chi connectivity index (χ3n) is 4.97. The van der Waals surface area contributed by atoms with E-state index in [2.05, 4.69) is 4.90 Å². The van der Waals surface area contributed by atoms with Gasteiger partial charge in [-0.15, -0.1) is 0 Å². The van der Waals surface area contributed by atoms with Crippen molar-refractivity contribution < 1.29 is 13.2 Å². The highest BCUT2D eigenvalue weighted by Crippen LogP contribution is 2.29. The second-order valence-corrected chi connectivity index (χ2v) is 9.65. The van der Waals surface area contributed by atoms with E-state index in [-0.39, 0.29) is 21.9 Å². The normalized spacial score (nSPS) is 18.5. The minimum absolute atomic E-state index is 0.0598. The third kappa shape index (κ3) is 4.07. The van der Waals surface area contributed by atoms with Crippen LogP contribution in [0.25, 0.3) is 0 Å². The minimum Gasteiger partial charge on any atom is -0.329 e. The molecular formula is C20H24ClN3O3S. The van der Waals surface area contributed by atoms with Crippen LogP contribution in [0.4, 0.5) is 0 Å². The van der Waals surface area contributed by atoms with Crippen LogP contribution in [0.2, 0.25) is 5.02 Å². The Kier molecular flexibility index (Phi) is 6.09. The average molecular weight is 422 g/mol. The Morgan fingerprint density at radius 1 is 1.11 bits per heavy atom. The Morgan fingerprint density at radius 2 is 1.79 bits per heavy atom. The summed E-state index contributed by atoms with van der Waals surface area (Å²) in [5.74, 6) is -0.200. The van der Waals surface area contributed by atoms with Crippen molar-refractivity contribution in [2.24, 2.45) is 0 Å². The first-order chi connectivity index (χ1) is 13.2. The van der Waals surface area contributed by atoms with E-state index in [0.717, 1.165) is 16.4 Å². The fourth-order valence-electron chi connectivity index (χ4n) is 3.32. The predicted molar refractivity (Wildman–Crippen MR) is 110 cm³/mol. The number of sulfonamides is 1. The molecule has 1 fully saturated rings. The molecule has 150 valence electrons. The second kappa shape index (κ2) is 8.21. The summed E-state index contributed by atoms with van der Waals surface area (Å²) in [4.78, 5) is 17.2. The number of nitrogens with zero attached hydrogens (tertiary/aromatic N) is 3. The van der Waals surface area contributed by atoms with Gasteiger partial charge in [0.2, 0.25) is 10.0 Å². The van der Waals surface area contributed by atoms with Crippen LogP contribution < -0.4 is 0 Å². The van der Waals surface area contributed by atoms with E-state index in [9.17, 15) is 13.2 Å². The van der Waals surface area contributed by atoms with E-state index in [1.54, 1.807) is 6.07 Å². The maximum absolute atomic E-state index is 13.3. The lowest BCUT2D eigenvalue weighted by atomic mass is 10.0. The van der Waals surface area contributed by atoms with Gasteiger partial charge in [0.15, 0.2) is 0 Å². The zero-order valence-electron chi connectivity index (χ0n) is 16.2. The van der Waals surface area contributed by atoms with E-state index in [4.69, 9.17) is 11.6 Å². The van der Waals surface area contributed by atoms with E-state index in [1.165, 1.54) is 26.2 Å². The number of amides is 1. The van der Waals surface area contributed by atoms with Crippen molar-refractivity contribution in [1.82, 2.24) is 14.1 Å². The predicted octanol–water partition coefficient (Wildman–Crippen LogP) is 2.72. The molecule has 0 aromatic heterocycles. The largest absolute Gasteiger partial charge is 0.329 e. The molecule has 0 spiro atoms. The van der Waals surface area contributed by atoms with Crippen molar-refractivity contribution >= 4 is 27.5 Å². The number of benzene rings is 2. The molecule has 1 heterocycles. The number of carbonyl (C=O) groups excluding carboxylic acids is 1. The highest BCUT2D eigenvalue weighted by Gasteiger charge is 2.32. The third-order valence-corrected chi connectivity index (χ3v) is 7.26. The molecule has 0 bridgehead atoms. The van der Waals surface area contributed by atoms with Gasteiger partial charge in [-0.1, -0.05) is 41.9 Å². The Bertz CT molecular complexity index is 964. The first-order valence-corrected chi connectivity index (χ1v) is 10.8. The number of hydrogen-bond acceptors (Lipinski definition) is 4. The SMILES string of the molecule is CN1CCN(C(=O)c2ccc(Cl)c(S(=O)(=O)N(C)C)c2)C(c2ccccc2)C1. The van der Waals surface area contributed by atoms with Crippen molar-refractivity contribution in [2.45, 2.75) is 10.9 Å². The molecule has 1 amide bonds. The van der Waals surface area contributed by atoms with Gasteiger partial charge in [-0.25, -0.2) is 12.7 Å². The summed E-state index contributed by atoms with van der Waals surface area (Å²) < 4.78 is 26.2. The Morgan fingerprint density at radius 3 is 2.43 bits per heavy atom. The van der Waals surface area contributed by atoms with Gasteiger partial charge in [0.25, 0.3) is 5.91 Å². The minimum atomic E-state index is -3.75. The van der Waals surface area contributed by atoms with Crippen molar-refractivity contribution in [3.63, 3.8) is 0 Å². The van der Waals surface area contributed by atoms with E-state index in [0.29, 0.717) is 18.7 Å². The topological polar surface area (TPSA) is 60.9 Å². The molecule has 2 aromatic rings. The Labute approximate surface area is 171 Å². The molecule has 0 N–H and O–H groups in total. The molecule has 1 aliphatic heterocycles. The van der Waals surface area contributed by atoms with Crippen LogP contribution in [0.15, 0.2) is 53.4 Å². The summed E-state index contributed by atoms with van der Waals surface area (Å²) in [6.45, 7) is 2.03. The van der Waals surface area contributed by atoms with Crippen LogP contribution >= 0.6 is 11.6 Å². The zero-order valence-corrected chi connectivity index (χ0v) is 17.7. The summed E-state index contributed by atoms with van der Waals surface area (Å²) in [5.41, 5.74) is 1.37. The van der Waals surface area contributed by atoms with Gasteiger partial charge in [-0.05, 0) is 30.8 Å². The van der Waals surface area contributed by atoms with Crippen molar-refractivity contribution in [2.75, 3.05) is 40.8 Å². The molecule has 0 aliphatic carbocycles. The highest BCUT2D eigenvalue weighted by atomic mass is 35.5. The van der Waals surface area contributed by atoms with Gasteiger partial charge in [0, 0.05) is 39.3 Å². The molecule has 28 heavy (non-hydrogen) atoms. The fraction of sp³-hybridized carbons (Fsp3) is 0.350. The quantitative estimate of drug-likeness (QED) is 0.761. The van der Waals surface area contributed by atoms with Gasteiger partial charge in [-0.2, -0.15) is 0 Å². The molecule has 1 atom stereocenters. The van der Waals surface area contributed by atoms with Gasteiger partial charge in [0.1, 0.15) is 4.90 Å². The van der Waals surface area contributed by atoms with E-state index >= 15 is 0 Å². The molecule has 0 radical (unpaired) electrons. The van der Waals surface area contributed by atoms with Crippen LogP contribution in [-0.4, -0.2) is 69.2 Å². The van der Waals surface area contributed by atoms with Crippen molar-refractivity contribution in [3.05, 3.63) is 64.7 Å². The maximum atomic E-state index is 13.3. The van der Waals surface area contributed by atoms with Gasteiger partial charge < -0.3 is 9.80 Å². The highest BCUT2D eigenvalue weighted by molar-refractivity contribution is 7.89. The number of hydrogen-bond donors (Lipinski definition) is 0. The van der Waals surface area contributed by atoms with E-state index in [1.807, 2.05) is 42.3 Å². The standard InChI is InChI=1S/C20H24ClN3O3S/c1-22(2)28(26,27)19-13-16(9-10-17(19)21)20(25)24-12-11-23(3)14-18(24)15-7-5-4-6-8-15/h4-10,13,18H,11-12,14H2,1-3H3. The van der Waals surface area contributed by atoms with Crippen LogP contribution in [0.1, 0.15) is 22.0 Å². The molecule has 1 saturated heterocycles. The van der Waals surface area contributed by atoms with Crippen LogP contribution in [-0.2, 0) is 10.0 Å². The molecule has 3 rings (SSSR count). The molecule has 2 aromatic carbocycles. The molecule has 1 aliphatic rings. The van der Waals surface area contributed by atoms with Crippen LogP contribution in [0.3, 0.4) is 0 Å². The Balaban J connectivity index is 1.98.